The molecule has 1 aromatic carbocycles. The van der Waals surface area contributed by atoms with Crippen LogP contribution in [0.15, 0.2) is 39.7 Å². The predicted molar refractivity (Wildman–Crippen MR) is 82.5 cm³/mol. The number of aromatic amines is 1. The van der Waals surface area contributed by atoms with Crippen molar-refractivity contribution in [1.29, 1.82) is 0 Å². The van der Waals surface area contributed by atoms with Gasteiger partial charge in [0.15, 0.2) is 0 Å². The number of rotatable bonds is 4. The van der Waals surface area contributed by atoms with E-state index < -0.39 is 0 Å². The van der Waals surface area contributed by atoms with Gasteiger partial charge in [-0.05, 0) is 36.8 Å². The highest BCUT2D eigenvalue weighted by Gasteiger charge is 2.00. The molecule has 0 unspecified atom stereocenters. The molecule has 0 atom stereocenters. The van der Waals surface area contributed by atoms with Crippen LogP contribution >= 0.6 is 39.9 Å². The second-order valence-electron chi connectivity index (χ2n) is 3.79. The van der Waals surface area contributed by atoms with Crippen LogP contribution in [0.1, 0.15) is 18.4 Å². The zero-order valence-electron chi connectivity index (χ0n) is 9.94. The van der Waals surface area contributed by atoms with Crippen LogP contribution in [0.3, 0.4) is 0 Å². The van der Waals surface area contributed by atoms with Crippen molar-refractivity contribution in [3.8, 4) is 0 Å². The molecule has 1 N–H and O–H groups in total. The van der Waals surface area contributed by atoms with Gasteiger partial charge in [-0.2, -0.15) is 0 Å². The van der Waals surface area contributed by atoms with Gasteiger partial charge in [0, 0.05) is 15.1 Å². The molecule has 94 valence electrons. The number of thioether (sulfide) groups is 1. The van der Waals surface area contributed by atoms with Gasteiger partial charge in [-0.1, -0.05) is 35.1 Å². The lowest BCUT2D eigenvalue weighted by atomic mass is 10.3. The van der Waals surface area contributed by atoms with Crippen molar-refractivity contribution >= 4 is 39.9 Å². The molecular formula is C13H13BrN2S2. The minimum Gasteiger partial charge on any atom is -0.346 e. The lowest BCUT2D eigenvalue weighted by Crippen LogP contribution is -1.97. The number of nitrogens with one attached hydrogen (secondary N) is 1. The van der Waals surface area contributed by atoms with Gasteiger partial charge in [0.25, 0.3) is 0 Å². The highest BCUT2D eigenvalue weighted by atomic mass is 79.9. The summed E-state index contributed by atoms with van der Waals surface area (Å²) in [6, 6.07) is 10.2. The first-order valence-electron chi connectivity index (χ1n) is 5.65. The molecule has 0 saturated heterocycles. The Morgan fingerprint density at radius 3 is 2.72 bits per heavy atom. The molecule has 0 aliphatic heterocycles. The summed E-state index contributed by atoms with van der Waals surface area (Å²) in [5, 5.41) is 0. The smallest absolute Gasteiger partial charge is 0.130 e. The van der Waals surface area contributed by atoms with Gasteiger partial charge >= 0.3 is 0 Å². The normalized spacial score (nSPS) is 10.6. The zero-order chi connectivity index (χ0) is 13.0. The number of hydrogen-bond acceptors (Lipinski definition) is 3. The fourth-order valence-corrected chi connectivity index (χ4v) is 2.79. The summed E-state index contributed by atoms with van der Waals surface area (Å²) in [4.78, 5) is 8.88. The molecule has 1 heterocycles. The Morgan fingerprint density at radius 2 is 2.06 bits per heavy atom. The number of halogens is 1. The van der Waals surface area contributed by atoms with E-state index in [4.69, 9.17) is 12.2 Å². The number of aryl methyl sites for hydroxylation is 1. The van der Waals surface area contributed by atoms with Crippen molar-refractivity contribution in [2.24, 2.45) is 0 Å². The van der Waals surface area contributed by atoms with E-state index in [1.165, 1.54) is 4.90 Å². The molecule has 0 aliphatic carbocycles. The SMILES string of the molecule is CCc1cc(=S)nc(CSc2ccc(Br)cc2)[nH]1. The van der Waals surface area contributed by atoms with Crippen LogP contribution in [-0.4, -0.2) is 9.97 Å². The molecule has 2 rings (SSSR count). The standard InChI is InChI=1S/C13H13BrN2S2/c1-2-10-7-13(17)16-12(15-10)8-18-11-5-3-9(14)4-6-11/h3-7H,2,8H2,1H3,(H,15,16,17). The summed E-state index contributed by atoms with van der Waals surface area (Å²) in [7, 11) is 0. The Hall–Kier alpha value is -0.650. The molecule has 5 heteroatoms. The summed E-state index contributed by atoms with van der Waals surface area (Å²) in [6.07, 6.45) is 0.947. The molecule has 0 aliphatic rings. The first kappa shape index (κ1) is 13.8. The quantitative estimate of drug-likeness (QED) is 0.642. The van der Waals surface area contributed by atoms with E-state index in [0.29, 0.717) is 4.64 Å². The van der Waals surface area contributed by atoms with Crippen LogP contribution in [0.25, 0.3) is 0 Å². The van der Waals surface area contributed by atoms with E-state index in [1.54, 1.807) is 11.8 Å². The Labute approximate surface area is 124 Å². The van der Waals surface area contributed by atoms with Gasteiger partial charge < -0.3 is 4.98 Å². The van der Waals surface area contributed by atoms with Crippen LogP contribution in [0, 0.1) is 4.64 Å². The Kier molecular flexibility index (Phi) is 4.97. The molecule has 0 fully saturated rings. The number of benzene rings is 1. The molecule has 18 heavy (non-hydrogen) atoms. The third-order valence-corrected chi connectivity index (χ3v) is 4.18. The first-order valence-corrected chi connectivity index (χ1v) is 7.83. The highest BCUT2D eigenvalue weighted by molar-refractivity contribution is 9.10. The fourth-order valence-electron chi connectivity index (χ4n) is 1.51. The van der Waals surface area contributed by atoms with E-state index >= 15 is 0 Å². The van der Waals surface area contributed by atoms with Crippen molar-refractivity contribution in [1.82, 2.24) is 9.97 Å². The third-order valence-electron chi connectivity index (χ3n) is 2.42. The molecule has 0 bridgehead atoms. The van der Waals surface area contributed by atoms with E-state index in [2.05, 4.69) is 45.0 Å². The molecular weight excluding hydrogens is 328 g/mol. The van der Waals surface area contributed by atoms with Crippen molar-refractivity contribution in [2.45, 2.75) is 24.0 Å². The Bertz CT molecular complexity index is 578. The molecule has 1 aromatic heterocycles. The zero-order valence-corrected chi connectivity index (χ0v) is 13.2. The van der Waals surface area contributed by atoms with Crippen molar-refractivity contribution in [3.63, 3.8) is 0 Å². The predicted octanol–water partition coefficient (Wildman–Crippen LogP) is 4.76. The molecule has 2 aromatic rings. The van der Waals surface area contributed by atoms with Gasteiger partial charge in [0.1, 0.15) is 10.5 Å². The van der Waals surface area contributed by atoms with E-state index in [0.717, 1.165) is 28.2 Å². The largest absolute Gasteiger partial charge is 0.346 e. The molecule has 0 saturated carbocycles. The van der Waals surface area contributed by atoms with E-state index in [-0.39, 0.29) is 0 Å². The highest BCUT2D eigenvalue weighted by Crippen LogP contribution is 2.23. The van der Waals surface area contributed by atoms with Crippen LogP contribution in [0.2, 0.25) is 0 Å². The summed E-state index contributed by atoms with van der Waals surface area (Å²) in [5.74, 6) is 1.74. The summed E-state index contributed by atoms with van der Waals surface area (Å²) >= 11 is 10.3. The van der Waals surface area contributed by atoms with Gasteiger partial charge in [0.05, 0.1) is 5.75 Å². The fraction of sp³-hybridized carbons (Fsp3) is 0.231. The minimum atomic E-state index is 0.664. The van der Waals surface area contributed by atoms with Crippen molar-refractivity contribution in [2.75, 3.05) is 0 Å². The van der Waals surface area contributed by atoms with Crippen LogP contribution in [0.5, 0.6) is 0 Å². The molecule has 0 spiro atoms. The van der Waals surface area contributed by atoms with Gasteiger partial charge in [0.2, 0.25) is 0 Å². The monoisotopic (exact) mass is 340 g/mol. The van der Waals surface area contributed by atoms with Crippen LogP contribution < -0.4 is 0 Å². The number of hydrogen-bond donors (Lipinski definition) is 1. The summed E-state index contributed by atoms with van der Waals surface area (Å²) < 4.78 is 1.76. The second-order valence-corrected chi connectivity index (χ2v) is 6.17. The first-order chi connectivity index (χ1) is 8.67. The maximum absolute atomic E-state index is 5.15. The Morgan fingerprint density at radius 1 is 1.33 bits per heavy atom. The number of nitrogens with zero attached hydrogens (tertiary/aromatic N) is 1. The maximum Gasteiger partial charge on any atom is 0.130 e. The second kappa shape index (κ2) is 6.50. The van der Waals surface area contributed by atoms with E-state index in [9.17, 15) is 0 Å². The van der Waals surface area contributed by atoms with E-state index in [1.807, 2.05) is 18.2 Å². The van der Waals surface area contributed by atoms with Crippen LogP contribution in [-0.2, 0) is 12.2 Å². The molecule has 0 amide bonds. The van der Waals surface area contributed by atoms with Crippen LogP contribution in [0.4, 0.5) is 0 Å². The van der Waals surface area contributed by atoms with Gasteiger partial charge in [-0.3, -0.25) is 0 Å². The van der Waals surface area contributed by atoms with Crippen molar-refractivity contribution < 1.29 is 0 Å². The lowest BCUT2D eigenvalue weighted by Gasteiger charge is -2.04. The molecule has 2 nitrogen and oxygen atoms in total. The number of aromatic nitrogens is 2. The molecule has 0 radical (unpaired) electrons. The summed E-state index contributed by atoms with van der Waals surface area (Å²) in [6.45, 7) is 2.10. The van der Waals surface area contributed by atoms with Crippen molar-refractivity contribution in [3.05, 3.63) is 51.0 Å². The number of H-pyrrole nitrogens is 1. The third kappa shape index (κ3) is 3.93. The topological polar surface area (TPSA) is 28.7 Å². The average molecular weight is 341 g/mol. The maximum atomic E-state index is 5.15. The lowest BCUT2D eigenvalue weighted by molar-refractivity contribution is 0.933. The average Bonchev–Trinajstić information content (AvgIpc) is 2.37. The summed E-state index contributed by atoms with van der Waals surface area (Å²) in [5.41, 5.74) is 1.14. The van der Waals surface area contributed by atoms with Gasteiger partial charge in [-0.15, -0.1) is 11.8 Å². The minimum absolute atomic E-state index is 0.664. The Balaban J connectivity index is 2.08. The van der Waals surface area contributed by atoms with Gasteiger partial charge in [-0.25, -0.2) is 4.98 Å².